The number of rotatable bonds is 5. The average Bonchev–Trinajstić information content (AvgIpc) is 2.28. The fourth-order valence-electron chi connectivity index (χ4n) is 1.49. The summed E-state index contributed by atoms with van der Waals surface area (Å²) in [4.78, 5) is 0. The first-order chi connectivity index (χ1) is 7.17. The van der Waals surface area contributed by atoms with E-state index in [0.29, 0.717) is 0 Å². The largest absolute Gasteiger partial charge is 0.497 e. The Morgan fingerprint density at radius 2 is 2.13 bits per heavy atom. The Morgan fingerprint density at radius 1 is 1.40 bits per heavy atom. The lowest BCUT2D eigenvalue weighted by Crippen LogP contribution is -2.31. The number of ether oxygens (including phenoxy) is 1. The van der Waals surface area contributed by atoms with Crippen LogP contribution in [0.1, 0.15) is 25.5 Å². The Bertz CT molecular complexity index is 301. The highest BCUT2D eigenvalue weighted by Gasteiger charge is 2.08. The van der Waals surface area contributed by atoms with Gasteiger partial charge in [-0.2, -0.15) is 0 Å². The third kappa shape index (κ3) is 3.53. The highest BCUT2D eigenvalue weighted by atomic mass is 16.5. The number of hydrogen-bond donors (Lipinski definition) is 2. The van der Waals surface area contributed by atoms with Gasteiger partial charge in [-0.25, -0.2) is 0 Å². The SMILES string of the molecule is COc1cccc([C@H](C)N[C@@H](C)CO)c1. The van der Waals surface area contributed by atoms with E-state index in [9.17, 15) is 0 Å². The van der Waals surface area contributed by atoms with Crippen molar-refractivity contribution < 1.29 is 9.84 Å². The van der Waals surface area contributed by atoms with Crippen LogP contribution in [0, 0.1) is 0 Å². The predicted molar refractivity (Wildman–Crippen MR) is 61.1 cm³/mol. The van der Waals surface area contributed by atoms with Crippen molar-refractivity contribution in [3.8, 4) is 5.75 Å². The Hall–Kier alpha value is -1.06. The number of aliphatic hydroxyl groups is 1. The zero-order chi connectivity index (χ0) is 11.3. The molecule has 2 atom stereocenters. The lowest BCUT2D eigenvalue weighted by Gasteiger charge is -2.19. The van der Waals surface area contributed by atoms with Crippen LogP contribution in [0.4, 0.5) is 0 Å². The molecule has 0 fully saturated rings. The van der Waals surface area contributed by atoms with Crippen molar-refractivity contribution in [3.63, 3.8) is 0 Å². The number of aliphatic hydroxyl groups excluding tert-OH is 1. The third-order valence-corrected chi connectivity index (χ3v) is 2.40. The lowest BCUT2D eigenvalue weighted by molar-refractivity contribution is 0.243. The van der Waals surface area contributed by atoms with Gasteiger partial charge in [-0.3, -0.25) is 0 Å². The van der Waals surface area contributed by atoms with Crippen LogP contribution < -0.4 is 10.1 Å². The number of nitrogens with one attached hydrogen (secondary N) is 1. The van der Waals surface area contributed by atoms with E-state index in [1.165, 1.54) is 0 Å². The Labute approximate surface area is 91.1 Å². The monoisotopic (exact) mass is 209 g/mol. The molecular weight excluding hydrogens is 190 g/mol. The average molecular weight is 209 g/mol. The molecule has 1 aromatic rings. The maximum atomic E-state index is 8.94. The van der Waals surface area contributed by atoms with Crippen LogP contribution >= 0.6 is 0 Å². The molecule has 0 aliphatic carbocycles. The number of methoxy groups -OCH3 is 1. The molecule has 0 aromatic heterocycles. The molecule has 1 rings (SSSR count). The van der Waals surface area contributed by atoms with E-state index in [4.69, 9.17) is 9.84 Å². The lowest BCUT2D eigenvalue weighted by atomic mass is 10.1. The molecule has 2 N–H and O–H groups in total. The first kappa shape index (κ1) is 12.0. The zero-order valence-electron chi connectivity index (χ0n) is 9.53. The highest BCUT2D eigenvalue weighted by Crippen LogP contribution is 2.18. The van der Waals surface area contributed by atoms with Gasteiger partial charge >= 0.3 is 0 Å². The quantitative estimate of drug-likeness (QED) is 0.776. The summed E-state index contributed by atoms with van der Waals surface area (Å²) < 4.78 is 5.16. The fourth-order valence-corrected chi connectivity index (χ4v) is 1.49. The maximum absolute atomic E-state index is 8.94. The van der Waals surface area contributed by atoms with E-state index in [0.717, 1.165) is 11.3 Å². The van der Waals surface area contributed by atoms with E-state index in [1.807, 2.05) is 31.2 Å². The molecule has 0 heterocycles. The second-order valence-electron chi connectivity index (χ2n) is 3.75. The van der Waals surface area contributed by atoms with Crippen LogP contribution in [-0.2, 0) is 0 Å². The molecule has 1 aromatic carbocycles. The van der Waals surface area contributed by atoms with E-state index in [2.05, 4.69) is 12.2 Å². The van der Waals surface area contributed by atoms with Crippen LogP contribution in [0.2, 0.25) is 0 Å². The third-order valence-electron chi connectivity index (χ3n) is 2.40. The van der Waals surface area contributed by atoms with Crippen molar-refractivity contribution in [3.05, 3.63) is 29.8 Å². The van der Waals surface area contributed by atoms with E-state index >= 15 is 0 Å². The Morgan fingerprint density at radius 3 is 2.73 bits per heavy atom. The van der Waals surface area contributed by atoms with Gasteiger partial charge in [0.2, 0.25) is 0 Å². The summed E-state index contributed by atoms with van der Waals surface area (Å²) in [6.45, 7) is 4.17. The van der Waals surface area contributed by atoms with Crippen LogP contribution in [0.25, 0.3) is 0 Å². The molecule has 0 saturated heterocycles. The molecule has 3 nitrogen and oxygen atoms in total. The molecule has 0 amide bonds. The van der Waals surface area contributed by atoms with Crippen LogP contribution in [-0.4, -0.2) is 24.9 Å². The van der Waals surface area contributed by atoms with Gasteiger partial charge in [-0.15, -0.1) is 0 Å². The molecular formula is C12H19NO2. The number of hydrogen-bond acceptors (Lipinski definition) is 3. The van der Waals surface area contributed by atoms with Gasteiger partial charge in [0.25, 0.3) is 0 Å². The van der Waals surface area contributed by atoms with E-state index < -0.39 is 0 Å². The van der Waals surface area contributed by atoms with Crippen LogP contribution in [0.5, 0.6) is 5.75 Å². The summed E-state index contributed by atoms with van der Waals surface area (Å²) in [6, 6.07) is 8.25. The standard InChI is InChI=1S/C12H19NO2/c1-9(8-14)13-10(2)11-5-4-6-12(7-11)15-3/h4-7,9-10,13-14H,8H2,1-3H3/t9-,10-/m0/s1. The summed E-state index contributed by atoms with van der Waals surface area (Å²) >= 11 is 0. The topological polar surface area (TPSA) is 41.5 Å². The minimum Gasteiger partial charge on any atom is -0.497 e. The van der Waals surface area contributed by atoms with Crippen LogP contribution in [0.15, 0.2) is 24.3 Å². The summed E-state index contributed by atoms with van der Waals surface area (Å²) in [5, 5.41) is 12.2. The van der Waals surface area contributed by atoms with Gasteiger partial charge in [0.05, 0.1) is 13.7 Å². The molecule has 15 heavy (non-hydrogen) atoms. The molecule has 0 radical (unpaired) electrons. The summed E-state index contributed by atoms with van der Waals surface area (Å²) in [5.41, 5.74) is 1.16. The van der Waals surface area contributed by atoms with Gasteiger partial charge in [-0.1, -0.05) is 12.1 Å². The zero-order valence-corrected chi connectivity index (χ0v) is 9.53. The summed E-state index contributed by atoms with van der Waals surface area (Å²) in [6.07, 6.45) is 0. The smallest absolute Gasteiger partial charge is 0.119 e. The van der Waals surface area contributed by atoms with Crippen molar-refractivity contribution in [2.45, 2.75) is 25.9 Å². The molecule has 0 spiro atoms. The first-order valence-electron chi connectivity index (χ1n) is 5.18. The van der Waals surface area contributed by atoms with Crippen molar-refractivity contribution in [2.75, 3.05) is 13.7 Å². The van der Waals surface area contributed by atoms with E-state index in [1.54, 1.807) is 7.11 Å². The summed E-state index contributed by atoms with van der Waals surface area (Å²) in [7, 11) is 1.66. The van der Waals surface area contributed by atoms with Gasteiger partial charge in [0.15, 0.2) is 0 Å². The van der Waals surface area contributed by atoms with Gasteiger partial charge < -0.3 is 15.2 Å². The molecule has 0 aliphatic rings. The predicted octanol–water partition coefficient (Wildman–Crippen LogP) is 1.73. The van der Waals surface area contributed by atoms with Crippen molar-refractivity contribution >= 4 is 0 Å². The van der Waals surface area contributed by atoms with Gasteiger partial charge in [-0.05, 0) is 31.5 Å². The van der Waals surface area contributed by atoms with Crippen molar-refractivity contribution in [1.29, 1.82) is 0 Å². The number of benzene rings is 1. The van der Waals surface area contributed by atoms with Gasteiger partial charge in [0.1, 0.15) is 5.75 Å². The second kappa shape index (κ2) is 5.73. The summed E-state index contributed by atoms with van der Waals surface area (Å²) in [5.74, 6) is 0.859. The maximum Gasteiger partial charge on any atom is 0.119 e. The molecule has 84 valence electrons. The minimum absolute atomic E-state index is 0.103. The van der Waals surface area contributed by atoms with Crippen LogP contribution in [0.3, 0.4) is 0 Å². The van der Waals surface area contributed by atoms with Crippen molar-refractivity contribution in [2.24, 2.45) is 0 Å². The Kier molecular flexibility index (Phi) is 4.59. The minimum atomic E-state index is 0.103. The molecule has 3 heteroatoms. The fraction of sp³-hybridized carbons (Fsp3) is 0.500. The van der Waals surface area contributed by atoms with Gasteiger partial charge in [0, 0.05) is 12.1 Å². The normalized spacial score (nSPS) is 14.7. The molecule has 0 saturated carbocycles. The van der Waals surface area contributed by atoms with Crippen molar-refractivity contribution in [1.82, 2.24) is 5.32 Å². The highest BCUT2D eigenvalue weighted by molar-refractivity contribution is 5.30. The molecule has 0 unspecified atom stereocenters. The molecule has 0 aliphatic heterocycles. The Balaban J connectivity index is 2.68. The second-order valence-corrected chi connectivity index (χ2v) is 3.75. The van der Waals surface area contributed by atoms with E-state index in [-0.39, 0.29) is 18.7 Å². The molecule has 0 bridgehead atoms. The first-order valence-corrected chi connectivity index (χ1v) is 5.18.